The average molecular weight is 260 g/mol. The SMILES string of the molecule is COc1cc(Br)cc(C2(N)CC2)c1F. The first-order valence-corrected chi connectivity index (χ1v) is 5.18. The van der Waals surface area contributed by atoms with E-state index in [2.05, 4.69) is 15.9 Å². The Bertz CT molecular complexity index is 377. The number of methoxy groups -OCH3 is 1. The molecule has 76 valence electrons. The molecule has 0 unspecified atom stereocenters. The molecule has 0 atom stereocenters. The van der Waals surface area contributed by atoms with Gasteiger partial charge in [-0.05, 0) is 25.0 Å². The maximum Gasteiger partial charge on any atom is 0.170 e. The van der Waals surface area contributed by atoms with Crippen LogP contribution < -0.4 is 10.5 Å². The largest absolute Gasteiger partial charge is 0.494 e. The van der Waals surface area contributed by atoms with Crippen LogP contribution in [0.3, 0.4) is 0 Å². The number of nitrogens with two attached hydrogens (primary N) is 1. The molecular weight excluding hydrogens is 249 g/mol. The zero-order chi connectivity index (χ0) is 10.3. The van der Waals surface area contributed by atoms with Crippen molar-refractivity contribution in [1.82, 2.24) is 0 Å². The van der Waals surface area contributed by atoms with Gasteiger partial charge >= 0.3 is 0 Å². The summed E-state index contributed by atoms with van der Waals surface area (Å²) < 4.78 is 19.5. The fourth-order valence-electron chi connectivity index (χ4n) is 1.48. The Hall–Kier alpha value is -0.610. The predicted molar refractivity (Wildman–Crippen MR) is 55.8 cm³/mol. The number of ether oxygens (including phenoxy) is 1. The number of rotatable bonds is 2. The van der Waals surface area contributed by atoms with Crippen molar-refractivity contribution in [2.45, 2.75) is 18.4 Å². The van der Waals surface area contributed by atoms with Crippen molar-refractivity contribution in [3.63, 3.8) is 0 Å². The molecule has 2 nitrogen and oxygen atoms in total. The molecule has 1 aliphatic carbocycles. The maximum atomic E-state index is 13.8. The third-order valence-electron chi connectivity index (χ3n) is 2.55. The monoisotopic (exact) mass is 259 g/mol. The van der Waals surface area contributed by atoms with Gasteiger partial charge in [-0.3, -0.25) is 0 Å². The van der Waals surface area contributed by atoms with Gasteiger partial charge in [0.1, 0.15) is 0 Å². The van der Waals surface area contributed by atoms with E-state index in [-0.39, 0.29) is 11.6 Å². The van der Waals surface area contributed by atoms with Crippen LogP contribution in [-0.2, 0) is 5.54 Å². The van der Waals surface area contributed by atoms with E-state index in [9.17, 15) is 4.39 Å². The fourth-order valence-corrected chi connectivity index (χ4v) is 1.92. The number of hydrogen-bond donors (Lipinski definition) is 1. The molecule has 2 N–H and O–H groups in total. The predicted octanol–water partition coefficient (Wildman–Crippen LogP) is 2.54. The lowest BCUT2D eigenvalue weighted by Gasteiger charge is -2.13. The number of halogens is 2. The van der Waals surface area contributed by atoms with Crippen molar-refractivity contribution >= 4 is 15.9 Å². The van der Waals surface area contributed by atoms with E-state index >= 15 is 0 Å². The zero-order valence-electron chi connectivity index (χ0n) is 7.81. The van der Waals surface area contributed by atoms with Crippen molar-refractivity contribution in [1.29, 1.82) is 0 Å². The number of hydrogen-bond acceptors (Lipinski definition) is 2. The normalized spacial score (nSPS) is 18.0. The third kappa shape index (κ3) is 1.53. The van der Waals surface area contributed by atoms with Gasteiger partial charge in [0.25, 0.3) is 0 Å². The van der Waals surface area contributed by atoms with E-state index in [4.69, 9.17) is 10.5 Å². The first-order valence-electron chi connectivity index (χ1n) is 4.39. The second kappa shape index (κ2) is 3.21. The molecule has 0 spiro atoms. The highest BCUT2D eigenvalue weighted by molar-refractivity contribution is 9.10. The van der Waals surface area contributed by atoms with Crippen molar-refractivity contribution in [3.05, 3.63) is 28.0 Å². The molecule has 14 heavy (non-hydrogen) atoms. The summed E-state index contributed by atoms with van der Waals surface area (Å²) in [6.45, 7) is 0. The third-order valence-corrected chi connectivity index (χ3v) is 3.01. The first-order chi connectivity index (χ1) is 6.57. The Labute approximate surface area is 90.4 Å². The highest BCUT2D eigenvalue weighted by atomic mass is 79.9. The van der Waals surface area contributed by atoms with Gasteiger partial charge in [0.15, 0.2) is 11.6 Å². The Morgan fingerprint density at radius 2 is 2.14 bits per heavy atom. The molecule has 0 aromatic heterocycles. The van der Waals surface area contributed by atoms with E-state index < -0.39 is 5.54 Å². The lowest BCUT2D eigenvalue weighted by molar-refractivity contribution is 0.381. The van der Waals surface area contributed by atoms with Gasteiger partial charge < -0.3 is 10.5 Å². The summed E-state index contributed by atoms with van der Waals surface area (Å²) in [4.78, 5) is 0. The minimum atomic E-state index is -0.471. The quantitative estimate of drug-likeness (QED) is 0.886. The van der Waals surface area contributed by atoms with Crippen LogP contribution >= 0.6 is 15.9 Å². The molecule has 1 aromatic carbocycles. The summed E-state index contributed by atoms with van der Waals surface area (Å²) in [7, 11) is 1.45. The summed E-state index contributed by atoms with van der Waals surface area (Å²) in [5.74, 6) is -0.0956. The van der Waals surface area contributed by atoms with Crippen molar-refractivity contribution < 1.29 is 9.13 Å². The molecule has 1 fully saturated rings. The van der Waals surface area contributed by atoms with Gasteiger partial charge in [0.2, 0.25) is 0 Å². The molecule has 1 saturated carbocycles. The van der Waals surface area contributed by atoms with Crippen LogP contribution in [0.1, 0.15) is 18.4 Å². The van der Waals surface area contributed by atoms with Crippen LogP contribution in [0.5, 0.6) is 5.75 Å². The van der Waals surface area contributed by atoms with Crippen LogP contribution in [-0.4, -0.2) is 7.11 Å². The molecule has 0 saturated heterocycles. The molecule has 4 heteroatoms. The molecule has 0 amide bonds. The molecular formula is C10H11BrFNO. The van der Waals surface area contributed by atoms with Crippen LogP contribution in [0.2, 0.25) is 0 Å². The minimum absolute atomic E-state index is 0.242. The topological polar surface area (TPSA) is 35.2 Å². The molecule has 0 bridgehead atoms. The standard InChI is InChI=1S/C10H11BrFNO/c1-14-8-5-6(11)4-7(9(8)12)10(13)2-3-10/h4-5H,2-3,13H2,1H3. The van der Waals surface area contributed by atoms with E-state index in [0.717, 1.165) is 17.3 Å². The highest BCUT2D eigenvalue weighted by Gasteiger charge is 2.42. The molecule has 0 heterocycles. The molecule has 1 aliphatic rings. The summed E-state index contributed by atoms with van der Waals surface area (Å²) in [6, 6.07) is 3.33. The Kier molecular flexibility index (Phi) is 2.27. The molecule has 1 aromatic rings. The lowest BCUT2D eigenvalue weighted by Crippen LogP contribution is -2.20. The van der Waals surface area contributed by atoms with Crippen LogP contribution in [0, 0.1) is 5.82 Å². The van der Waals surface area contributed by atoms with Crippen molar-refractivity contribution in [2.24, 2.45) is 5.73 Å². The summed E-state index contributed by atoms with van der Waals surface area (Å²) in [5, 5.41) is 0. The van der Waals surface area contributed by atoms with E-state index in [1.807, 2.05) is 0 Å². The van der Waals surface area contributed by atoms with E-state index in [1.54, 1.807) is 12.1 Å². The van der Waals surface area contributed by atoms with Crippen molar-refractivity contribution in [3.8, 4) is 5.75 Å². The van der Waals surface area contributed by atoms with Gasteiger partial charge in [-0.25, -0.2) is 4.39 Å². The second-order valence-electron chi connectivity index (χ2n) is 3.63. The first kappa shape index (κ1) is 9.93. The van der Waals surface area contributed by atoms with Gasteiger partial charge in [-0.1, -0.05) is 15.9 Å². The van der Waals surface area contributed by atoms with Gasteiger partial charge in [-0.2, -0.15) is 0 Å². The lowest BCUT2D eigenvalue weighted by atomic mass is 10.0. The molecule has 2 rings (SSSR count). The van der Waals surface area contributed by atoms with Crippen molar-refractivity contribution in [2.75, 3.05) is 7.11 Å². The number of benzene rings is 1. The Morgan fingerprint density at radius 3 is 2.64 bits per heavy atom. The minimum Gasteiger partial charge on any atom is -0.494 e. The van der Waals surface area contributed by atoms with Crippen LogP contribution in [0.25, 0.3) is 0 Å². The second-order valence-corrected chi connectivity index (χ2v) is 4.54. The summed E-state index contributed by atoms with van der Waals surface area (Å²) in [5.41, 5.74) is 6.02. The van der Waals surface area contributed by atoms with Crippen LogP contribution in [0.4, 0.5) is 4.39 Å². The van der Waals surface area contributed by atoms with E-state index in [1.165, 1.54) is 7.11 Å². The van der Waals surface area contributed by atoms with Gasteiger partial charge in [-0.15, -0.1) is 0 Å². The summed E-state index contributed by atoms with van der Waals surface area (Å²) >= 11 is 3.31. The average Bonchev–Trinajstić information content (AvgIpc) is 2.88. The molecule has 0 aliphatic heterocycles. The Balaban J connectivity index is 2.54. The maximum absolute atomic E-state index is 13.8. The smallest absolute Gasteiger partial charge is 0.170 e. The zero-order valence-corrected chi connectivity index (χ0v) is 9.40. The van der Waals surface area contributed by atoms with Gasteiger partial charge in [0.05, 0.1) is 7.11 Å². The molecule has 0 radical (unpaired) electrons. The van der Waals surface area contributed by atoms with Crippen LogP contribution in [0.15, 0.2) is 16.6 Å². The van der Waals surface area contributed by atoms with Gasteiger partial charge in [0, 0.05) is 15.6 Å². The van der Waals surface area contributed by atoms with E-state index in [0.29, 0.717) is 5.56 Å². The Morgan fingerprint density at radius 1 is 1.50 bits per heavy atom. The highest BCUT2D eigenvalue weighted by Crippen LogP contribution is 2.46. The summed E-state index contributed by atoms with van der Waals surface area (Å²) in [6.07, 6.45) is 1.67. The fraction of sp³-hybridized carbons (Fsp3) is 0.400.